The van der Waals surface area contributed by atoms with Crippen LogP contribution < -0.4 is 0 Å². The molecule has 9 heavy (non-hydrogen) atoms. The molecule has 0 atom stereocenters. The summed E-state index contributed by atoms with van der Waals surface area (Å²) in [4.78, 5) is 0. The Morgan fingerprint density at radius 2 is 2.33 bits per heavy atom. The van der Waals surface area contributed by atoms with E-state index in [0.29, 0.717) is 17.2 Å². The Morgan fingerprint density at radius 3 is 2.67 bits per heavy atom. The van der Waals surface area contributed by atoms with Crippen molar-refractivity contribution < 1.29 is 4.48 Å². The monoisotopic (exact) mass is 129 g/mol. The van der Waals surface area contributed by atoms with E-state index in [1.807, 2.05) is 0 Å². The molecule has 0 fully saturated rings. The molecule has 0 heterocycles. The minimum atomic E-state index is 0.495. The molecule has 0 saturated carbocycles. The van der Waals surface area contributed by atoms with Crippen LogP contribution in [0.25, 0.3) is 0 Å². The molecule has 0 aliphatic carbocycles. The molecule has 1 nitrogen and oxygen atoms in total. The fourth-order valence-corrected chi connectivity index (χ4v) is 0.423. The number of nitrogens with zero attached hydrogens (tertiary/aromatic N) is 1. The van der Waals surface area contributed by atoms with Crippen LogP contribution in [0.15, 0.2) is 24.9 Å². The van der Waals surface area contributed by atoms with Crippen molar-refractivity contribution in [3.05, 3.63) is 24.9 Å². The molecule has 0 aliphatic heterocycles. The van der Waals surface area contributed by atoms with Gasteiger partial charge in [0, 0.05) is 12.7 Å². The van der Waals surface area contributed by atoms with E-state index in [2.05, 4.69) is 13.2 Å². The lowest BCUT2D eigenvalue weighted by Gasteiger charge is -2.07. The van der Waals surface area contributed by atoms with Crippen molar-refractivity contribution in [1.82, 2.24) is 5.12 Å². The van der Waals surface area contributed by atoms with Gasteiger partial charge in [0.2, 0.25) is 0 Å². The van der Waals surface area contributed by atoms with Crippen LogP contribution in [0.3, 0.4) is 0 Å². The highest BCUT2D eigenvalue weighted by molar-refractivity contribution is 4.90. The Bertz CT molecular complexity index is 107. The average Bonchev–Trinajstić information content (AvgIpc) is 1.82. The van der Waals surface area contributed by atoms with Gasteiger partial charge >= 0.3 is 0 Å². The Labute approximate surface area is 55.4 Å². The molecule has 52 valence electrons. The molecule has 0 radical (unpaired) electrons. The van der Waals surface area contributed by atoms with E-state index in [-0.39, 0.29) is 0 Å². The zero-order valence-electron chi connectivity index (χ0n) is 5.73. The summed E-state index contributed by atoms with van der Waals surface area (Å²) in [5, 5.41) is 0.531. The molecule has 2 heteroatoms. The van der Waals surface area contributed by atoms with E-state index in [1.54, 1.807) is 6.08 Å². The van der Waals surface area contributed by atoms with Crippen LogP contribution in [-0.2, 0) is 0 Å². The Balaban J connectivity index is 3.38. The van der Waals surface area contributed by atoms with Crippen molar-refractivity contribution in [2.24, 2.45) is 0 Å². The van der Waals surface area contributed by atoms with Crippen LogP contribution in [0, 0.1) is 0 Å². The molecule has 0 aromatic rings. The topological polar surface area (TPSA) is 3.24 Å². The molecule has 0 saturated heterocycles. The van der Waals surface area contributed by atoms with Gasteiger partial charge in [-0.1, -0.05) is 12.7 Å². The zero-order valence-corrected chi connectivity index (χ0v) is 5.73. The van der Waals surface area contributed by atoms with Gasteiger partial charge in [0.1, 0.15) is 0 Å². The molecule has 0 aromatic heterocycles. The van der Waals surface area contributed by atoms with Crippen molar-refractivity contribution in [3.8, 4) is 0 Å². The lowest BCUT2D eigenvalue weighted by Crippen LogP contribution is -2.03. The third kappa shape index (κ3) is 3.76. The number of hydrogen-bond donors (Lipinski definition) is 0. The van der Waals surface area contributed by atoms with Crippen molar-refractivity contribution in [3.63, 3.8) is 0 Å². The molecular weight excluding hydrogens is 117 g/mol. The van der Waals surface area contributed by atoms with Crippen LogP contribution in [0.4, 0.5) is 4.48 Å². The van der Waals surface area contributed by atoms with Crippen LogP contribution >= 0.6 is 0 Å². The summed E-state index contributed by atoms with van der Waals surface area (Å²) in [6.45, 7) is 7.00. The van der Waals surface area contributed by atoms with E-state index in [1.165, 1.54) is 7.05 Å². The molecular formula is C7H12FN. The first kappa shape index (κ1) is 8.21. The summed E-state index contributed by atoms with van der Waals surface area (Å²) >= 11 is 0. The second kappa shape index (κ2) is 4.13. The van der Waals surface area contributed by atoms with Crippen LogP contribution in [0.2, 0.25) is 0 Å². The minimum absolute atomic E-state index is 0.495. The molecule has 0 unspecified atom stereocenters. The standard InChI is InChI=1S/C7H12FN/c1-4-5-6-7(2)9(3)8/h4H,1-2,5-6H2,3H3. The fraction of sp³-hybridized carbons (Fsp3) is 0.429. The highest BCUT2D eigenvalue weighted by atomic mass is 19.2. The van der Waals surface area contributed by atoms with E-state index in [4.69, 9.17) is 0 Å². The lowest BCUT2D eigenvalue weighted by molar-refractivity contribution is 0.103. The van der Waals surface area contributed by atoms with E-state index < -0.39 is 0 Å². The number of allylic oxidation sites excluding steroid dienone is 2. The smallest absolute Gasteiger partial charge is 0.0390 e. The average molecular weight is 129 g/mol. The molecule has 0 aliphatic rings. The van der Waals surface area contributed by atoms with Gasteiger partial charge in [-0.2, -0.15) is 0 Å². The maximum Gasteiger partial charge on any atom is 0.0390 e. The summed E-state index contributed by atoms with van der Waals surface area (Å²) in [5.74, 6) is 0. The Hall–Kier alpha value is -0.790. The first-order chi connectivity index (χ1) is 4.18. The third-order valence-electron chi connectivity index (χ3n) is 1.07. The molecule has 0 N–H and O–H groups in total. The van der Waals surface area contributed by atoms with Gasteiger partial charge in [-0.25, -0.2) is 5.12 Å². The normalized spacial score (nSPS) is 8.67. The quantitative estimate of drug-likeness (QED) is 0.416. The summed E-state index contributed by atoms with van der Waals surface area (Å²) < 4.78 is 12.1. The summed E-state index contributed by atoms with van der Waals surface area (Å²) in [6.07, 6.45) is 3.18. The number of hydrogen-bond acceptors (Lipinski definition) is 1. The van der Waals surface area contributed by atoms with Gasteiger partial charge in [-0.15, -0.1) is 11.1 Å². The van der Waals surface area contributed by atoms with Crippen molar-refractivity contribution >= 4 is 0 Å². The van der Waals surface area contributed by atoms with Crippen molar-refractivity contribution in [2.45, 2.75) is 12.8 Å². The van der Waals surface area contributed by atoms with Gasteiger partial charge < -0.3 is 0 Å². The molecule has 0 rings (SSSR count). The minimum Gasteiger partial charge on any atom is -0.220 e. The van der Waals surface area contributed by atoms with Gasteiger partial charge in [-0.05, 0) is 12.8 Å². The van der Waals surface area contributed by atoms with Gasteiger partial charge in [0.25, 0.3) is 0 Å². The van der Waals surface area contributed by atoms with E-state index >= 15 is 0 Å². The fourth-order valence-electron chi connectivity index (χ4n) is 0.423. The maximum atomic E-state index is 12.1. The zero-order chi connectivity index (χ0) is 7.28. The van der Waals surface area contributed by atoms with Crippen LogP contribution in [0.5, 0.6) is 0 Å². The Morgan fingerprint density at radius 1 is 1.78 bits per heavy atom. The predicted octanol–water partition coefficient (Wildman–Crippen LogP) is 2.28. The predicted molar refractivity (Wildman–Crippen MR) is 37.4 cm³/mol. The largest absolute Gasteiger partial charge is 0.220 e. The number of rotatable bonds is 4. The van der Waals surface area contributed by atoms with Crippen LogP contribution in [-0.4, -0.2) is 12.2 Å². The second-order valence-corrected chi connectivity index (χ2v) is 1.87. The SMILES string of the molecule is C=CCCC(=C)N(C)F. The molecule has 0 spiro atoms. The second-order valence-electron chi connectivity index (χ2n) is 1.87. The first-order valence-electron chi connectivity index (χ1n) is 2.86. The van der Waals surface area contributed by atoms with Crippen molar-refractivity contribution in [1.29, 1.82) is 0 Å². The van der Waals surface area contributed by atoms with Gasteiger partial charge in [-0.3, -0.25) is 0 Å². The lowest BCUT2D eigenvalue weighted by atomic mass is 10.2. The third-order valence-corrected chi connectivity index (χ3v) is 1.07. The van der Waals surface area contributed by atoms with Crippen LogP contribution in [0.1, 0.15) is 12.8 Å². The molecule has 0 aromatic carbocycles. The highest BCUT2D eigenvalue weighted by Crippen LogP contribution is 2.06. The molecule has 0 bridgehead atoms. The summed E-state index contributed by atoms with van der Waals surface area (Å²) in [7, 11) is 1.34. The van der Waals surface area contributed by atoms with Gasteiger partial charge in [0.05, 0.1) is 0 Å². The first-order valence-corrected chi connectivity index (χ1v) is 2.86. The highest BCUT2D eigenvalue weighted by Gasteiger charge is 1.95. The molecule has 0 amide bonds. The summed E-state index contributed by atoms with van der Waals surface area (Å²) in [6, 6.07) is 0. The van der Waals surface area contributed by atoms with E-state index in [9.17, 15) is 4.48 Å². The van der Waals surface area contributed by atoms with Gasteiger partial charge in [0.15, 0.2) is 0 Å². The number of halogens is 1. The van der Waals surface area contributed by atoms with Crippen molar-refractivity contribution in [2.75, 3.05) is 7.05 Å². The van der Waals surface area contributed by atoms with E-state index in [0.717, 1.165) is 6.42 Å². The summed E-state index contributed by atoms with van der Waals surface area (Å²) in [5.41, 5.74) is 0.495. The Kier molecular flexibility index (Phi) is 3.76. The maximum absolute atomic E-state index is 12.1.